The van der Waals surface area contributed by atoms with Crippen molar-refractivity contribution < 1.29 is 17.9 Å². The largest absolute Gasteiger partial charge is 0.465 e. The van der Waals surface area contributed by atoms with Gasteiger partial charge in [0.15, 0.2) is 9.84 Å². The molecule has 1 aliphatic rings. The van der Waals surface area contributed by atoms with E-state index in [-0.39, 0.29) is 17.5 Å². The fourth-order valence-corrected chi connectivity index (χ4v) is 4.77. The molecule has 0 spiro atoms. The number of benzene rings is 2. The van der Waals surface area contributed by atoms with Gasteiger partial charge in [0.2, 0.25) is 0 Å². The number of fused-ring (bicyclic) bond motifs is 1. The average molecular weight is 332 g/mol. The van der Waals surface area contributed by atoms with Crippen molar-refractivity contribution >= 4 is 26.6 Å². The van der Waals surface area contributed by atoms with Crippen LogP contribution in [-0.2, 0) is 25.8 Å². The van der Waals surface area contributed by atoms with Crippen LogP contribution in [0.3, 0.4) is 0 Å². The number of sulfone groups is 1. The first-order valence-electron chi connectivity index (χ1n) is 7.89. The first-order chi connectivity index (χ1) is 11.1. The lowest BCUT2D eigenvalue weighted by Gasteiger charge is -2.10. The number of esters is 1. The zero-order valence-corrected chi connectivity index (χ0v) is 13.7. The number of carbonyl (C=O) groups is 1. The van der Waals surface area contributed by atoms with Crippen molar-refractivity contribution in [2.24, 2.45) is 5.92 Å². The lowest BCUT2D eigenvalue weighted by Crippen LogP contribution is -2.19. The molecular formula is C18H20O4S. The van der Waals surface area contributed by atoms with Crippen LogP contribution in [0.4, 0.5) is 0 Å². The summed E-state index contributed by atoms with van der Waals surface area (Å²) in [6.07, 6.45) is 1.96. The maximum absolute atomic E-state index is 11.9. The second kappa shape index (κ2) is 6.71. The van der Waals surface area contributed by atoms with E-state index in [2.05, 4.69) is 24.3 Å². The van der Waals surface area contributed by atoms with Gasteiger partial charge in [-0.25, -0.2) is 8.42 Å². The zero-order valence-electron chi connectivity index (χ0n) is 12.9. The smallest absolute Gasteiger partial charge is 0.309 e. The topological polar surface area (TPSA) is 60.4 Å². The Morgan fingerprint density at radius 2 is 1.91 bits per heavy atom. The molecule has 4 nitrogen and oxygen atoms in total. The van der Waals surface area contributed by atoms with E-state index >= 15 is 0 Å². The Kier molecular flexibility index (Phi) is 4.66. The molecule has 0 aromatic heterocycles. The van der Waals surface area contributed by atoms with Gasteiger partial charge in [0.1, 0.15) is 0 Å². The van der Waals surface area contributed by atoms with E-state index < -0.39 is 15.8 Å². The lowest BCUT2D eigenvalue weighted by molar-refractivity contribution is -0.147. The number of carbonyl (C=O) groups excluding carboxylic acids is 1. The SMILES string of the molecule is O=C(OCCCc1cccc2ccccc12)[C@@H]1CCS(=O)(=O)C1. The standard InChI is InChI=1S/C18H20O4S/c19-18(16-10-12-23(20,21)13-16)22-11-4-8-15-7-3-6-14-5-1-2-9-17(14)15/h1-3,5-7,9,16H,4,8,10-13H2/t16-/m1/s1. The Labute approximate surface area is 136 Å². The van der Waals surface area contributed by atoms with Crippen LogP contribution in [0.1, 0.15) is 18.4 Å². The molecule has 122 valence electrons. The van der Waals surface area contributed by atoms with E-state index in [1.165, 1.54) is 16.3 Å². The summed E-state index contributed by atoms with van der Waals surface area (Å²) in [5.74, 6) is -0.806. The minimum absolute atomic E-state index is 0.0604. The van der Waals surface area contributed by atoms with Gasteiger partial charge in [0.25, 0.3) is 0 Å². The van der Waals surface area contributed by atoms with Gasteiger partial charge in [-0.1, -0.05) is 42.5 Å². The molecule has 0 unspecified atom stereocenters. The van der Waals surface area contributed by atoms with Gasteiger partial charge in [0.05, 0.1) is 24.0 Å². The molecule has 3 rings (SSSR count). The second-order valence-electron chi connectivity index (χ2n) is 6.01. The molecule has 0 N–H and O–H groups in total. The van der Waals surface area contributed by atoms with E-state index in [0.717, 1.165) is 12.8 Å². The highest BCUT2D eigenvalue weighted by Gasteiger charge is 2.33. The third-order valence-corrected chi connectivity index (χ3v) is 6.05. The summed E-state index contributed by atoms with van der Waals surface area (Å²) in [7, 11) is -3.04. The maximum atomic E-state index is 11.9. The first kappa shape index (κ1) is 16.0. The van der Waals surface area contributed by atoms with E-state index in [1.54, 1.807) is 0 Å². The fourth-order valence-electron chi connectivity index (χ4n) is 3.04. The summed E-state index contributed by atoms with van der Waals surface area (Å²) in [4.78, 5) is 11.9. The van der Waals surface area contributed by atoms with E-state index in [0.29, 0.717) is 13.0 Å². The maximum Gasteiger partial charge on any atom is 0.309 e. The predicted molar refractivity (Wildman–Crippen MR) is 90.0 cm³/mol. The van der Waals surface area contributed by atoms with Gasteiger partial charge in [-0.05, 0) is 35.6 Å². The average Bonchev–Trinajstić information content (AvgIpc) is 2.91. The number of aryl methyl sites for hydroxylation is 1. The molecule has 0 amide bonds. The van der Waals surface area contributed by atoms with Crippen molar-refractivity contribution in [1.29, 1.82) is 0 Å². The van der Waals surface area contributed by atoms with Gasteiger partial charge < -0.3 is 4.74 Å². The molecule has 0 saturated carbocycles. The van der Waals surface area contributed by atoms with Gasteiger partial charge in [-0.2, -0.15) is 0 Å². The van der Waals surface area contributed by atoms with E-state index in [1.807, 2.05) is 18.2 Å². The molecular weight excluding hydrogens is 312 g/mol. The van der Waals surface area contributed by atoms with Crippen molar-refractivity contribution in [3.8, 4) is 0 Å². The summed E-state index contributed by atoms with van der Waals surface area (Å²) in [6.45, 7) is 0.332. The highest BCUT2D eigenvalue weighted by Crippen LogP contribution is 2.21. The molecule has 23 heavy (non-hydrogen) atoms. The number of rotatable bonds is 5. The third-order valence-electron chi connectivity index (χ3n) is 4.28. The van der Waals surface area contributed by atoms with Crippen LogP contribution >= 0.6 is 0 Å². The molecule has 1 aliphatic heterocycles. The van der Waals surface area contributed by atoms with Gasteiger partial charge in [-0.15, -0.1) is 0 Å². The summed E-state index contributed by atoms with van der Waals surface area (Å²) in [5, 5.41) is 2.43. The Hall–Kier alpha value is -1.88. The minimum Gasteiger partial charge on any atom is -0.465 e. The Bertz CT molecular complexity index is 805. The highest BCUT2D eigenvalue weighted by atomic mass is 32.2. The van der Waals surface area contributed by atoms with Gasteiger partial charge >= 0.3 is 5.97 Å². The second-order valence-corrected chi connectivity index (χ2v) is 8.24. The van der Waals surface area contributed by atoms with Crippen molar-refractivity contribution in [2.75, 3.05) is 18.1 Å². The van der Waals surface area contributed by atoms with Crippen LogP contribution in [0.15, 0.2) is 42.5 Å². The monoisotopic (exact) mass is 332 g/mol. The van der Waals surface area contributed by atoms with Crippen molar-refractivity contribution in [2.45, 2.75) is 19.3 Å². The molecule has 5 heteroatoms. The lowest BCUT2D eigenvalue weighted by atomic mass is 10.0. The first-order valence-corrected chi connectivity index (χ1v) is 9.71. The summed E-state index contributed by atoms with van der Waals surface area (Å²) >= 11 is 0. The Balaban J connectivity index is 1.51. The molecule has 1 heterocycles. The fraction of sp³-hybridized carbons (Fsp3) is 0.389. The minimum atomic E-state index is -3.04. The number of hydrogen-bond acceptors (Lipinski definition) is 4. The third kappa shape index (κ3) is 3.91. The van der Waals surface area contributed by atoms with Crippen LogP contribution < -0.4 is 0 Å². The van der Waals surface area contributed by atoms with Gasteiger partial charge in [0, 0.05) is 0 Å². The molecule has 2 aromatic rings. The number of ether oxygens (including phenoxy) is 1. The van der Waals surface area contributed by atoms with Crippen LogP contribution in [0.5, 0.6) is 0 Å². The van der Waals surface area contributed by atoms with E-state index in [9.17, 15) is 13.2 Å². The normalized spacial score (nSPS) is 19.7. The zero-order chi connectivity index (χ0) is 16.3. The molecule has 0 radical (unpaired) electrons. The molecule has 0 bridgehead atoms. The summed E-state index contributed by atoms with van der Waals surface area (Å²) in [5.41, 5.74) is 1.24. The Morgan fingerprint density at radius 3 is 2.70 bits per heavy atom. The molecule has 1 fully saturated rings. The van der Waals surface area contributed by atoms with Gasteiger partial charge in [-0.3, -0.25) is 4.79 Å². The molecule has 2 aromatic carbocycles. The van der Waals surface area contributed by atoms with Crippen LogP contribution in [0.25, 0.3) is 10.8 Å². The van der Waals surface area contributed by atoms with Crippen molar-refractivity contribution in [3.05, 3.63) is 48.0 Å². The highest BCUT2D eigenvalue weighted by molar-refractivity contribution is 7.91. The van der Waals surface area contributed by atoms with E-state index in [4.69, 9.17) is 4.74 Å². The molecule has 1 saturated heterocycles. The summed E-state index contributed by atoms with van der Waals surface area (Å²) in [6, 6.07) is 14.4. The summed E-state index contributed by atoms with van der Waals surface area (Å²) < 4.78 is 28.0. The van der Waals surface area contributed by atoms with Crippen molar-refractivity contribution in [3.63, 3.8) is 0 Å². The number of hydrogen-bond donors (Lipinski definition) is 0. The predicted octanol–water partition coefficient (Wildman–Crippen LogP) is 2.75. The van der Waals surface area contributed by atoms with Crippen LogP contribution in [0, 0.1) is 5.92 Å². The van der Waals surface area contributed by atoms with Crippen molar-refractivity contribution in [1.82, 2.24) is 0 Å². The molecule has 0 aliphatic carbocycles. The Morgan fingerprint density at radius 1 is 1.13 bits per heavy atom. The van der Waals surface area contributed by atoms with Crippen LogP contribution in [0.2, 0.25) is 0 Å². The quantitative estimate of drug-likeness (QED) is 0.624. The van der Waals surface area contributed by atoms with Crippen LogP contribution in [-0.4, -0.2) is 32.5 Å². The molecule has 1 atom stereocenters.